The minimum atomic E-state index is -0.877. The number of aromatic nitrogens is 1. The number of carboxylic acids is 1. The Hall–Kier alpha value is -2.71. The van der Waals surface area contributed by atoms with Gasteiger partial charge in [0.25, 0.3) is 0 Å². The molecule has 1 atom stereocenters. The summed E-state index contributed by atoms with van der Waals surface area (Å²) in [5.74, 6) is -1.04. The van der Waals surface area contributed by atoms with Crippen molar-refractivity contribution in [2.24, 2.45) is 0 Å². The van der Waals surface area contributed by atoms with Crippen LogP contribution in [-0.2, 0) is 14.3 Å². The van der Waals surface area contributed by atoms with E-state index in [0.29, 0.717) is 18.5 Å². The molecule has 1 saturated heterocycles. The monoisotopic (exact) mass is 431 g/mol. The number of ether oxygens (including phenoxy) is 2. The van der Waals surface area contributed by atoms with E-state index in [4.69, 9.17) is 9.47 Å². The zero-order valence-electron chi connectivity index (χ0n) is 18.0. The maximum Gasteiger partial charge on any atom is 0.304 e. The highest BCUT2D eigenvalue weighted by molar-refractivity contribution is 5.76. The van der Waals surface area contributed by atoms with Crippen molar-refractivity contribution in [3.63, 3.8) is 0 Å². The third-order valence-corrected chi connectivity index (χ3v) is 5.55. The average molecular weight is 432 g/mol. The molecular weight excluding hydrogens is 401 g/mol. The summed E-state index contributed by atoms with van der Waals surface area (Å²) >= 11 is 0. The molecule has 0 amide bonds. The smallest absolute Gasteiger partial charge is 0.304 e. The molecule has 3 rings (SSSR count). The Labute approximate surface area is 182 Å². The van der Waals surface area contributed by atoms with Crippen molar-refractivity contribution in [1.29, 1.82) is 0 Å². The van der Waals surface area contributed by atoms with Gasteiger partial charge < -0.3 is 24.8 Å². The molecule has 1 aromatic carbocycles. The first-order valence-electron chi connectivity index (χ1n) is 10.6. The van der Waals surface area contributed by atoms with E-state index in [1.54, 1.807) is 13.2 Å². The SMILES string of the molecule is CCN(c1ccc([C@@H](COC)CC(=O)O)cc1Nc1ccc(F)cn1)C1CCOCC1. The molecule has 0 unspecified atom stereocenters. The van der Waals surface area contributed by atoms with Crippen LogP contribution in [0.1, 0.15) is 37.7 Å². The molecule has 1 aliphatic rings. The molecule has 2 heterocycles. The van der Waals surface area contributed by atoms with Gasteiger partial charge in [-0.3, -0.25) is 4.79 Å². The molecule has 8 heteroatoms. The number of anilines is 3. The van der Waals surface area contributed by atoms with Crippen molar-refractivity contribution in [3.8, 4) is 0 Å². The molecule has 0 aliphatic carbocycles. The Morgan fingerprint density at radius 1 is 1.35 bits per heavy atom. The maximum atomic E-state index is 13.3. The molecule has 2 N–H and O–H groups in total. The van der Waals surface area contributed by atoms with Crippen LogP contribution in [0.3, 0.4) is 0 Å². The summed E-state index contributed by atoms with van der Waals surface area (Å²) in [6.45, 7) is 4.69. The summed E-state index contributed by atoms with van der Waals surface area (Å²) in [6.07, 6.45) is 3.02. The number of benzene rings is 1. The van der Waals surface area contributed by atoms with Crippen LogP contribution in [0.5, 0.6) is 0 Å². The van der Waals surface area contributed by atoms with Crippen LogP contribution in [0.4, 0.5) is 21.6 Å². The lowest BCUT2D eigenvalue weighted by atomic mass is 9.95. The Bertz CT molecular complexity index is 856. The van der Waals surface area contributed by atoms with E-state index in [0.717, 1.165) is 49.5 Å². The van der Waals surface area contributed by atoms with E-state index < -0.39 is 11.8 Å². The van der Waals surface area contributed by atoms with E-state index in [9.17, 15) is 14.3 Å². The maximum absolute atomic E-state index is 13.3. The molecule has 1 fully saturated rings. The fraction of sp³-hybridized carbons (Fsp3) is 0.478. The van der Waals surface area contributed by atoms with Gasteiger partial charge >= 0.3 is 5.97 Å². The average Bonchev–Trinajstić information content (AvgIpc) is 2.77. The third-order valence-electron chi connectivity index (χ3n) is 5.55. The highest BCUT2D eigenvalue weighted by Crippen LogP contribution is 2.35. The Morgan fingerprint density at radius 2 is 2.13 bits per heavy atom. The number of aliphatic carboxylic acids is 1. The van der Waals surface area contributed by atoms with Crippen LogP contribution in [0, 0.1) is 5.82 Å². The van der Waals surface area contributed by atoms with Gasteiger partial charge in [-0.05, 0) is 49.6 Å². The highest BCUT2D eigenvalue weighted by atomic mass is 19.1. The van der Waals surface area contributed by atoms with Gasteiger partial charge in [0.2, 0.25) is 0 Å². The molecule has 1 aliphatic heterocycles. The van der Waals surface area contributed by atoms with Crippen LogP contribution in [0.2, 0.25) is 0 Å². The van der Waals surface area contributed by atoms with E-state index in [2.05, 4.69) is 22.1 Å². The predicted molar refractivity (Wildman–Crippen MR) is 118 cm³/mol. The first-order valence-corrected chi connectivity index (χ1v) is 10.6. The molecule has 31 heavy (non-hydrogen) atoms. The summed E-state index contributed by atoms with van der Waals surface area (Å²) in [5, 5.41) is 12.6. The molecule has 1 aromatic heterocycles. The van der Waals surface area contributed by atoms with Gasteiger partial charge in [0.15, 0.2) is 0 Å². The number of hydrogen-bond donors (Lipinski definition) is 2. The Balaban J connectivity index is 1.99. The number of nitrogens with zero attached hydrogens (tertiary/aromatic N) is 2. The zero-order valence-corrected chi connectivity index (χ0v) is 18.0. The second-order valence-electron chi connectivity index (χ2n) is 7.64. The van der Waals surface area contributed by atoms with Crippen molar-refractivity contribution < 1.29 is 23.8 Å². The zero-order chi connectivity index (χ0) is 22.2. The standard InChI is InChI=1S/C23H30FN3O4/c1-3-27(19-8-10-31-11-9-19)21-6-4-16(17(15-30-2)13-23(28)29)12-20(21)26-22-7-5-18(24)14-25-22/h4-7,12,14,17,19H,3,8-11,13,15H2,1-2H3,(H,25,26)(H,28,29)/t17-/m1/s1. The highest BCUT2D eigenvalue weighted by Gasteiger charge is 2.24. The van der Waals surface area contributed by atoms with Gasteiger partial charge in [0.1, 0.15) is 11.6 Å². The van der Waals surface area contributed by atoms with Gasteiger partial charge in [-0.15, -0.1) is 0 Å². The minimum Gasteiger partial charge on any atom is -0.481 e. The second-order valence-corrected chi connectivity index (χ2v) is 7.64. The molecule has 0 bridgehead atoms. The Morgan fingerprint density at radius 3 is 2.74 bits per heavy atom. The predicted octanol–water partition coefficient (Wildman–Crippen LogP) is 4.17. The number of nitrogens with one attached hydrogen (secondary N) is 1. The van der Waals surface area contributed by atoms with E-state index in [1.807, 2.05) is 18.2 Å². The van der Waals surface area contributed by atoms with E-state index in [-0.39, 0.29) is 12.3 Å². The number of carboxylic acid groups (broad SMARTS) is 1. The van der Waals surface area contributed by atoms with Crippen molar-refractivity contribution >= 4 is 23.2 Å². The molecule has 0 radical (unpaired) electrons. The second kappa shape index (κ2) is 11.1. The number of halogens is 1. The van der Waals surface area contributed by atoms with Crippen LogP contribution >= 0.6 is 0 Å². The van der Waals surface area contributed by atoms with E-state index in [1.165, 1.54) is 12.3 Å². The number of carbonyl (C=O) groups is 1. The van der Waals surface area contributed by atoms with Crippen molar-refractivity contribution in [3.05, 3.63) is 47.9 Å². The first kappa shape index (κ1) is 23.0. The van der Waals surface area contributed by atoms with Crippen molar-refractivity contribution in [2.45, 2.75) is 38.1 Å². The lowest BCUT2D eigenvalue weighted by molar-refractivity contribution is -0.137. The molecule has 2 aromatic rings. The lowest BCUT2D eigenvalue weighted by Crippen LogP contribution is -2.39. The lowest BCUT2D eigenvalue weighted by Gasteiger charge is -2.36. The third kappa shape index (κ3) is 6.15. The largest absolute Gasteiger partial charge is 0.481 e. The fourth-order valence-corrected chi connectivity index (χ4v) is 4.05. The number of methoxy groups -OCH3 is 1. The fourth-order valence-electron chi connectivity index (χ4n) is 4.05. The summed E-state index contributed by atoms with van der Waals surface area (Å²) in [5.41, 5.74) is 2.66. The van der Waals surface area contributed by atoms with E-state index >= 15 is 0 Å². The van der Waals surface area contributed by atoms with Crippen LogP contribution < -0.4 is 10.2 Å². The van der Waals surface area contributed by atoms with Gasteiger partial charge in [-0.25, -0.2) is 9.37 Å². The number of rotatable bonds is 10. The van der Waals surface area contributed by atoms with Gasteiger partial charge in [-0.2, -0.15) is 0 Å². The summed E-state index contributed by atoms with van der Waals surface area (Å²) in [4.78, 5) is 17.8. The van der Waals surface area contributed by atoms with Gasteiger partial charge in [0.05, 0.1) is 30.6 Å². The quantitative estimate of drug-likeness (QED) is 0.584. The number of pyridine rings is 1. The van der Waals surface area contributed by atoms with Crippen molar-refractivity contribution in [1.82, 2.24) is 4.98 Å². The summed E-state index contributed by atoms with van der Waals surface area (Å²) in [7, 11) is 1.56. The minimum absolute atomic E-state index is 0.0289. The number of hydrogen-bond acceptors (Lipinski definition) is 6. The van der Waals surface area contributed by atoms with Crippen LogP contribution in [-0.4, -0.2) is 55.6 Å². The molecule has 0 spiro atoms. The molecular formula is C23H30FN3O4. The first-order chi connectivity index (χ1) is 15.0. The summed E-state index contributed by atoms with van der Waals surface area (Å²) in [6, 6.07) is 9.22. The normalized spacial score (nSPS) is 15.5. The Kier molecular flexibility index (Phi) is 8.20. The molecule has 168 valence electrons. The molecule has 7 nitrogen and oxygen atoms in total. The van der Waals surface area contributed by atoms with Crippen molar-refractivity contribution in [2.75, 3.05) is 43.7 Å². The molecule has 0 saturated carbocycles. The van der Waals surface area contributed by atoms with Crippen LogP contribution in [0.15, 0.2) is 36.5 Å². The van der Waals surface area contributed by atoms with Crippen LogP contribution in [0.25, 0.3) is 0 Å². The topological polar surface area (TPSA) is 83.9 Å². The van der Waals surface area contributed by atoms with Gasteiger partial charge in [-0.1, -0.05) is 6.07 Å². The summed E-state index contributed by atoms with van der Waals surface area (Å²) < 4.78 is 24.1. The van der Waals surface area contributed by atoms with Gasteiger partial charge in [0, 0.05) is 38.8 Å².